The highest BCUT2D eigenvalue weighted by molar-refractivity contribution is 6.30. The van der Waals surface area contributed by atoms with Crippen molar-refractivity contribution in [2.24, 2.45) is 10.8 Å². The van der Waals surface area contributed by atoms with Crippen LogP contribution < -0.4 is 0 Å². The molecule has 0 heterocycles. The molecule has 1 aromatic carbocycles. The van der Waals surface area contributed by atoms with E-state index in [1.54, 1.807) is 12.1 Å². The van der Waals surface area contributed by atoms with Gasteiger partial charge in [-0.2, -0.15) is 0 Å². The van der Waals surface area contributed by atoms with Crippen molar-refractivity contribution in [3.8, 4) is 0 Å². The molecule has 0 radical (unpaired) electrons. The third kappa shape index (κ3) is 1.99. The summed E-state index contributed by atoms with van der Waals surface area (Å²) in [5.74, 6) is -2.28. The van der Waals surface area contributed by atoms with Gasteiger partial charge < -0.3 is 15.0 Å². The van der Waals surface area contributed by atoms with Crippen molar-refractivity contribution in [1.82, 2.24) is 0 Å². The number of carboxylic acid groups (broad SMARTS) is 1. The zero-order chi connectivity index (χ0) is 16.5. The fraction of sp³-hybridized carbons (Fsp3) is 0.375. The van der Waals surface area contributed by atoms with E-state index >= 15 is 0 Å². The Hall–Kier alpha value is -2.34. The molecule has 1 aromatic rings. The van der Waals surface area contributed by atoms with Gasteiger partial charge in [-0.25, -0.2) is 0 Å². The van der Waals surface area contributed by atoms with Gasteiger partial charge in [0.05, 0.1) is 12.0 Å². The predicted molar refractivity (Wildman–Crippen MR) is 75.7 cm³/mol. The summed E-state index contributed by atoms with van der Waals surface area (Å²) in [5.41, 5.74) is -3.14. The third-order valence-electron chi connectivity index (χ3n) is 4.61. The number of carbonyl (C=O) groups is 4. The molecule has 0 spiro atoms. The molecule has 0 bridgehead atoms. The number of carboxylic acids is 1. The fourth-order valence-corrected chi connectivity index (χ4v) is 3.00. The van der Waals surface area contributed by atoms with Gasteiger partial charge in [-0.1, -0.05) is 24.3 Å². The number of aliphatic hydroxyl groups is 1. The lowest BCUT2D eigenvalue weighted by atomic mass is 9.60. The van der Waals surface area contributed by atoms with Crippen LogP contribution in [0.4, 0.5) is 0 Å². The van der Waals surface area contributed by atoms with E-state index in [0.29, 0.717) is 6.29 Å². The number of rotatable bonds is 6. The first-order valence-corrected chi connectivity index (χ1v) is 6.81. The molecule has 0 amide bonds. The number of carbonyl (C=O) groups excluding carboxylic acids is 3. The van der Waals surface area contributed by atoms with Crippen LogP contribution in [-0.4, -0.2) is 40.6 Å². The van der Waals surface area contributed by atoms with Crippen molar-refractivity contribution in [1.29, 1.82) is 0 Å². The Bertz CT molecular complexity index is 627. The summed E-state index contributed by atoms with van der Waals surface area (Å²) >= 11 is 0. The van der Waals surface area contributed by atoms with Crippen molar-refractivity contribution < 1.29 is 29.4 Å². The molecular weight excluding hydrogens is 288 g/mol. The van der Waals surface area contributed by atoms with Crippen LogP contribution in [0.5, 0.6) is 0 Å². The quantitative estimate of drug-likeness (QED) is 0.602. The van der Waals surface area contributed by atoms with Gasteiger partial charge in [-0.15, -0.1) is 0 Å². The maximum absolute atomic E-state index is 12.7. The monoisotopic (exact) mass is 304 g/mol. The second-order valence-electron chi connectivity index (χ2n) is 5.65. The van der Waals surface area contributed by atoms with Gasteiger partial charge >= 0.3 is 5.97 Å². The van der Waals surface area contributed by atoms with E-state index in [0.717, 1.165) is 0 Å². The highest BCUT2D eigenvalue weighted by Gasteiger charge is 2.61. The van der Waals surface area contributed by atoms with Crippen LogP contribution in [0, 0.1) is 10.8 Å². The van der Waals surface area contributed by atoms with Crippen molar-refractivity contribution in [2.75, 3.05) is 6.61 Å². The highest BCUT2D eigenvalue weighted by Crippen LogP contribution is 2.50. The summed E-state index contributed by atoms with van der Waals surface area (Å²) < 4.78 is 0. The molecule has 6 heteroatoms. The summed E-state index contributed by atoms with van der Waals surface area (Å²) in [4.78, 5) is 47.9. The molecule has 1 aliphatic carbocycles. The summed E-state index contributed by atoms with van der Waals surface area (Å²) in [6.45, 7) is 0.538. The van der Waals surface area contributed by atoms with Gasteiger partial charge in [0, 0.05) is 17.5 Å². The lowest BCUT2D eigenvalue weighted by Gasteiger charge is -2.38. The molecule has 1 atom stereocenters. The van der Waals surface area contributed by atoms with Gasteiger partial charge in [0.15, 0.2) is 11.6 Å². The highest BCUT2D eigenvalue weighted by atomic mass is 16.4. The molecule has 0 aromatic heterocycles. The van der Waals surface area contributed by atoms with E-state index in [1.807, 2.05) is 0 Å². The minimum Gasteiger partial charge on any atom is -0.481 e. The average molecular weight is 304 g/mol. The SMILES string of the molecule is CC1(C(C=O)(CO)CCC(=O)O)C(=O)c2ccccc2C1=O. The van der Waals surface area contributed by atoms with Crippen molar-refractivity contribution in [3.63, 3.8) is 0 Å². The summed E-state index contributed by atoms with van der Waals surface area (Å²) in [6, 6.07) is 6.19. The first-order valence-electron chi connectivity index (χ1n) is 6.81. The Balaban J connectivity index is 2.57. The Morgan fingerprint density at radius 1 is 1.23 bits per heavy atom. The lowest BCUT2D eigenvalue weighted by Crippen LogP contribution is -2.51. The zero-order valence-corrected chi connectivity index (χ0v) is 12.0. The van der Waals surface area contributed by atoms with E-state index in [1.165, 1.54) is 19.1 Å². The third-order valence-corrected chi connectivity index (χ3v) is 4.61. The molecule has 0 saturated carbocycles. The average Bonchev–Trinajstić information content (AvgIpc) is 2.72. The first-order chi connectivity index (χ1) is 10.3. The lowest BCUT2D eigenvalue weighted by molar-refractivity contribution is -0.139. The van der Waals surface area contributed by atoms with Gasteiger partial charge in [0.2, 0.25) is 0 Å². The molecule has 0 aliphatic heterocycles. The molecule has 116 valence electrons. The van der Waals surface area contributed by atoms with Crippen LogP contribution in [0.15, 0.2) is 24.3 Å². The summed E-state index contributed by atoms with van der Waals surface area (Å²) in [6.07, 6.45) is -0.367. The molecule has 0 fully saturated rings. The second-order valence-corrected chi connectivity index (χ2v) is 5.65. The Morgan fingerprint density at radius 3 is 2.09 bits per heavy atom. The van der Waals surface area contributed by atoms with E-state index in [2.05, 4.69) is 0 Å². The van der Waals surface area contributed by atoms with Gasteiger partial charge in [-0.05, 0) is 13.3 Å². The largest absolute Gasteiger partial charge is 0.481 e. The van der Waals surface area contributed by atoms with Crippen molar-refractivity contribution >= 4 is 23.8 Å². The van der Waals surface area contributed by atoms with Crippen LogP contribution in [0.2, 0.25) is 0 Å². The Labute approximate surface area is 126 Å². The molecule has 22 heavy (non-hydrogen) atoms. The van der Waals surface area contributed by atoms with E-state index in [4.69, 9.17) is 5.11 Å². The molecule has 2 N–H and O–H groups in total. The number of hydrogen-bond donors (Lipinski definition) is 2. The minimum absolute atomic E-state index is 0.199. The van der Waals surface area contributed by atoms with Gasteiger partial charge in [0.1, 0.15) is 11.7 Å². The number of benzene rings is 1. The topological polar surface area (TPSA) is 109 Å². The van der Waals surface area contributed by atoms with E-state index < -0.39 is 41.4 Å². The normalized spacial score (nSPS) is 18.6. The molecule has 1 unspecified atom stereocenters. The van der Waals surface area contributed by atoms with Crippen LogP contribution in [0.1, 0.15) is 40.5 Å². The van der Waals surface area contributed by atoms with Crippen LogP contribution in [0.3, 0.4) is 0 Å². The number of ketones is 2. The van der Waals surface area contributed by atoms with Crippen LogP contribution in [0.25, 0.3) is 0 Å². The van der Waals surface area contributed by atoms with E-state index in [9.17, 15) is 24.3 Å². The molecule has 2 rings (SSSR count). The standard InChI is InChI=1S/C16H16O6/c1-15(16(8-17,9-18)7-6-12(19)20)13(21)10-4-2-3-5-11(10)14(15)22/h2-5,8,18H,6-7,9H2,1H3,(H,19,20). The number of Topliss-reactive ketones (excluding diaryl/α,β-unsaturated/α-hetero) is 2. The van der Waals surface area contributed by atoms with Crippen molar-refractivity contribution in [3.05, 3.63) is 35.4 Å². The van der Waals surface area contributed by atoms with Gasteiger partial charge in [-0.3, -0.25) is 14.4 Å². The molecular formula is C16H16O6. The maximum Gasteiger partial charge on any atom is 0.303 e. The van der Waals surface area contributed by atoms with E-state index in [-0.39, 0.29) is 17.5 Å². The summed E-state index contributed by atoms with van der Waals surface area (Å²) in [7, 11) is 0. The van der Waals surface area contributed by atoms with Crippen molar-refractivity contribution in [2.45, 2.75) is 19.8 Å². The number of fused-ring (bicyclic) bond motifs is 1. The number of aliphatic carboxylic acids is 1. The molecule has 6 nitrogen and oxygen atoms in total. The van der Waals surface area contributed by atoms with Gasteiger partial charge in [0.25, 0.3) is 0 Å². The molecule has 0 saturated heterocycles. The second kappa shape index (κ2) is 5.46. The Kier molecular flexibility index (Phi) is 3.98. The predicted octanol–water partition coefficient (Wildman–Crippen LogP) is 1.11. The van der Waals surface area contributed by atoms with Crippen LogP contribution >= 0.6 is 0 Å². The Morgan fingerprint density at radius 2 is 1.73 bits per heavy atom. The summed E-state index contributed by atoms with van der Waals surface area (Å²) in [5, 5.41) is 18.5. The fourth-order valence-electron chi connectivity index (χ4n) is 3.00. The number of aliphatic hydroxyl groups excluding tert-OH is 1. The maximum atomic E-state index is 12.7. The zero-order valence-electron chi connectivity index (χ0n) is 12.0. The first kappa shape index (κ1) is 16.0. The molecule has 1 aliphatic rings. The number of aldehydes is 1. The minimum atomic E-state index is -1.79. The smallest absolute Gasteiger partial charge is 0.303 e. The number of hydrogen-bond acceptors (Lipinski definition) is 5. The van der Waals surface area contributed by atoms with Crippen LogP contribution in [-0.2, 0) is 9.59 Å².